The van der Waals surface area contributed by atoms with Crippen LogP contribution in [0, 0.1) is 0 Å². The summed E-state index contributed by atoms with van der Waals surface area (Å²) in [7, 11) is 2.09. The summed E-state index contributed by atoms with van der Waals surface area (Å²) in [4.78, 5) is 2.25. The third-order valence-electron chi connectivity index (χ3n) is 5.10. The molecule has 0 saturated heterocycles. The number of aliphatic hydroxyl groups excluding tert-OH is 1. The number of aromatic nitrogens is 1. The lowest BCUT2D eigenvalue weighted by atomic mass is 9.79. The van der Waals surface area contributed by atoms with Crippen LogP contribution in [0.15, 0.2) is 30.5 Å². The minimum atomic E-state index is -0.789. The van der Waals surface area contributed by atoms with Gasteiger partial charge in [-0.1, -0.05) is 12.1 Å². The summed E-state index contributed by atoms with van der Waals surface area (Å²) in [6.07, 6.45) is 4.83. The maximum absolute atomic E-state index is 10.6. The molecule has 4 nitrogen and oxygen atoms in total. The summed E-state index contributed by atoms with van der Waals surface area (Å²) in [5.41, 5.74) is 4.18. The van der Waals surface area contributed by atoms with Gasteiger partial charge >= 0.3 is 0 Å². The van der Waals surface area contributed by atoms with Crippen molar-refractivity contribution >= 4 is 16.5 Å². The Morgan fingerprint density at radius 1 is 1.39 bits per heavy atom. The average Bonchev–Trinajstić information content (AvgIpc) is 2.78. The second-order valence-corrected chi connectivity index (χ2v) is 7.45. The summed E-state index contributed by atoms with van der Waals surface area (Å²) >= 11 is 0. The van der Waals surface area contributed by atoms with Gasteiger partial charge in [0.15, 0.2) is 0 Å². The highest BCUT2D eigenvalue weighted by molar-refractivity contribution is 5.99. The largest absolute Gasteiger partial charge is 0.392 e. The summed E-state index contributed by atoms with van der Waals surface area (Å²) in [5, 5.41) is 21.6. The Morgan fingerprint density at radius 2 is 2.17 bits per heavy atom. The number of rotatable bonds is 2. The Balaban J connectivity index is 1.94. The lowest BCUT2D eigenvalue weighted by Gasteiger charge is -2.42. The Kier molecular flexibility index (Phi) is 3.21. The predicted molar refractivity (Wildman–Crippen MR) is 92.3 cm³/mol. The van der Waals surface area contributed by atoms with Crippen molar-refractivity contribution in [2.24, 2.45) is 0 Å². The van der Waals surface area contributed by atoms with E-state index in [1.807, 2.05) is 19.9 Å². The number of hydrogen-bond donors (Lipinski definition) is 2. The second kappa shape index (κ2) is 4.94. The molecular weight excluding hydrogens is 288 g/mol. The van der Waals surface area contributed by atoms with Crippen LogP contribution in [0.25, 0.3) is 16.5 Å². The van der Waals surface area contributed by atoms with Crippen LogP contribution in [0.2, 0.25) is 0 Å². The average molecular weight is 312 g/mol. The number of benzene rings is 1. The van der Waals surface area contributed by atoms with Crippen LogP contribution < -0.4 is 0 Å². The third kappa shape index (κ3) is 2.33. The molecule has 122 valence electrons. The Hall–Kier alpha value is -1.62. The van der Waals surface area contributed by atoms with Gasteiger partial charge in [-0.05, 0) is 56.2 Å². The van der Waals surface area contributed by atoms with E-state index in [0.717, 1.165) is 6.42 Å². The molecule has 3 atom stereocenters. The fourth-order valence-corrected chi connectivity index (χ4v) is 4.33. The van der Waals surface area contributed by atoms with Gasteiger partial charge in [0.2, 0.25) is 0 Å². The van der Waals surface area contributed by atoms with E-state index in [1.54, 1.807) is 0 Å². The first kappa shape index (κ1) is 14.9. The van der Waals surface area contributed by atoms with Gasteiger partial charge in [0, 0.05) is 36.2 Å². The molecule has 1 aliphatic carbocycles. The zero-order chi connectivity index (χ0) is 16.4. The maximum atomic E-state index is 10.6. The molecule has 0 radical (unpaired) electrons. The first-order chi connectivity index (χ1) is 10.9. The van der Waals surface area contributed by atoms with Gasteiger partial charge < -0.3 is 14.8 Å². The van der Waals surface area contributed by atoms with Crippen LogP contribution in [0.5, 0.6) is 0 Å². The van der Waals surface area contributed by atoms with Gasteiger partial charge in [-0.25, -0.2) is 0 Å². The number of likely N-dealkylation sites (N-methyl/N-ethyl adjacent to an activating group) is 1. The predicted octanol–water partition coefficient (Wildman–Crippen LogP) is 2.03. The minimum Gasteiger partial charge on any atom is -0.392 e. The molecule has 1 aromatic heterocycles. The fourth-order valence-electron chi connectivity index (χ4n) is 4.33. The summed E-state index contributed by atoms with van der Waals surface area (Å²) in [6, 6.07) is 6.67. The van der Waals surface area contributed by atoms with E-state index in [2.05, 4.69) is 40.9 Å². The monoisotopic (exact) mass is 312 g/mol. The molecule has 23 heavy (non-hydrogen) atoms. The van der Waals surface area contributed by atoms with E-state index in [4.69, 9.17) is 0 Å². The van der Waals surface area contributed by atoms with Gasteiger partial charge in [0.1, 0.15) is 0 Å². The quantitative estimate of drug-likeness (QED) is 0.892. The van der Waals surface area contributed by atoms with Gasteiger partial charge in [-0.2, -0.15) is 0 Å². The summed E-state index contributed by atoms with van der Waals surface area (Å²) < 4.78 is 2.16. The fraction of sp³-hybridized carbons (Fsp3) is 0.474. The zero-order valence-electron chi connectivity index (χ0n) is 14.0. The third-order valence-corrected chi connectivity index (χ3v) is 5.10. The van der Waals surface area contributed by atoms with Crippen molar-refractivity contribution in [2.45, 2.75) is 44.6 Å². The van der Waals surface area contributed by atoms with Crippen molar-refractivity contribution in [1.29, 1.82) is 0 Å². The maximum Gasteiger partial charge on any atom is 0.0932 e. The normalized spacial score (nSPS) is 28.6. The molecule has 0 bridgehead atoms. The smallest absolute Gasteiger partial charge is 0.0932 e. The van der Waals surface area contributed by atoms with Crippen molar-refractivity contribution in [3.63, 3.8) is 0 Å². The number of nitrogens with zero attached hydrogens (tertiary/aromatic N) is 2. The Morgan fingerprint density at radius 3 is 2.91 bits per heavy atom. The summed E-state index contributed by atoms with van der Waals surface area (Å²) in [6.45, 7) is 4.96. The topological polar surface area (TPSA) is 48.6 Å². The molecule has 0 spiro atoms. The van der Waals surface area contributed by atoms with Gasteiger partial charge in [0.25, 0.3) is 0 Å². The van der Waals surface area contributed by atoms with Crippen LogP contribution in [0.3, 0.4) is 0 Å². The van der Waals surface area contributed by atoms with E-state index in [-0.39, 0.29) is 6.10 Å². The molecular formula is C19H24N2O2. The number of hydrogen-bond acceptors (Lipinski definition) is 3. The molecule has 0 saturated carbocycles. The molecule has 2 heterocycles. The van der Waals surface area contributed by atoms with Gasteiger partial charge in [-0.15, -0.1) is 0 Å². The van der Waals surface area contributed by atoms with Crippen molar-refractivity contribution < 1.29 is 10.2 Å². The lowest BCUT2D eigenvalue weighted by molar-refractivity contribution is 0.0542. The van der Waals surface area contributed by atoms with Crippen LogP contribution >= 0.6 is 0 Å². The highest BCUT2D eigenvalue weighted by atomic mass is 16.3. The van der Waals surface area contributed by atoms with E-state index in [9.17, 15) is 10.2 Å². The number of aliphatic hydroxyl groups is 2. The molecule has 2 aromatic rings. The van der Waals surface area contributed by atoms with E-state index in [0.29, 0.717) is 19.1 Å². The molecule has 0 amide bonds. The molecule has 3 unspecified atom stereocenters. The molecule has 1 aromatic carbocycles. The number of fused-ring (bicyclic) bond motifs is 2. The van der Waals surface area contributed by atoms with Gasteiger partial charge in [-0.3, -0.25) is 4.90 Å². The summed E-state index contributed by atoms with van der Waals surface area (Å²) in [5.74, 6) is 0. The van der Waals surface area contributed by atoms with Crippen molar-refractivity contribution in [3.8, 4) is 0 Å². The molecule has 2 aliphatic rings. The SMILES string of the molecule is CC(O)Cn1cc2c3c(cccc31)C1=CC(C)(O)CN(C)C1C2. The van der Waals surface area contributed by atoms with Crippen LogP contribution in [0.4, 0.5) is 0 Å². The van der Waals surface area contributed by atoms with Crippen LogP contribution in [-0.2, 0) is 13.0 Å². The highest BCUT2D eigenvalue weighted by Gasteiger charge is 2.37. The standard InChI is InChI=1S/C19H24N2O2/c1-12(22)9-21-10-13-7-17-15(8-19(2,23)11-20(17)3)14-5-4-6-16(21)18(13)14/h4-6,8,10,12,17,22-23H,7,9,11H2,1-3H3. The second-order valence-electron chi connectivity index (χ2n) is 7.45. The minimum absolute atomic E-state index is 0.315. The molecule has 2 N–H and O–H groups in total. The molecule has 4 rings (SSSR count). The van der Waals surface area contributed by atoms with E-state index < -0.39 is 5.60 Å². The molecule has 1 aliphatic heterocycles. The Labute approximate surface area is 136 Å². The van der Waals surface area contributed by atoms with Crippen molar-refractivity contribution in [3.05, 3.63) is 41.6 Å². The van der Waals surface area contributed by atoms with Crippen LogP contribution in [0.1, 0.15) is 25.0 Å². The molecule has 4 heteroatoms. The highest BCUT2D eigenvalue weighted by Crippen LogP contribution is 2.42. The van der Waals surface area contributed by atoms with E-state index >= 15 is 0 Å². The first-order valence-electron chi connectivity index (χ1n) is 8.30. The van der Waals surface area contributed by atoms with Gasteiger partial charge in [0.05, 0.1) is 11.7 Å². The Bertz CT molecular complexity index is 801. The van der Waals surface area contributed by atoms with Crippen molar-refractivity contribution in [1.82, 2.24) is 9.47 Å². The zero-order valence-corrected chi connectivity index (χ0v) is 14.0. The number of β-amino-alcohol motifs (C(OH)–C–C–N with tert-alkyl or cyclic N) is 1. The van der Waals surface area contributed by atoms with E-state index in [1.165, 1.54) is 27.6 Å². The van der Waals surface area contributed by atoms with Crippen LogP contribution in [-0.4, -0.2) is 51.0 Å². The first-order valence-corrected chi connectivity index (χ1v) is 8.30. The lowest BCUT2D eigenvalue weighted by Crippen LogP contribution is -2.49. The van der Waals surface area contributed by atoms with Crippen molar-refractivity contribution in [2.75, 3.05) is 13.6 Å². The molecule has 0 fully saturated rings.